The molecule has 1 N–H and O–H groups in total. The van der Waals surface area contributed by atoms with E-state index in [2.05, 4.69) is 15.2 Å². The van der Waals surface area contributed by atoms with Crippen LogP contribution in [0, 0.1) is 0 Å². The van der Waals surface area contributed by atoms with Gasteiger partial charge in [0.25, 0.3) is 5.56 Å². The quantitative estimate of drug-likeness (QED) is 0.581. The summed E-state index contributed by atoms with van der Waals surface area (Å²) in [4.78, 5) is 31.8. The van der Waals surface area contributed by atoms with Gasteiger partial charge in [-0.1, -0.05) is 24.3 Å². The Bertz CT molecular complexity index is 1110. The van der Waals surface area contributed by atoms with Crippen LogP contribution in [0.15, 0.2) is 59.7 Å². The van der Waals surface area contributed by atoms with Crippen molar-refractivity contribution in [2.45, 2.75) is 19.0 Å². The summed E-state index contributed by atoms with van der Waals surface area (Å²) in [6, 6.07) is 15.2. The highest BCUT2D eigenvalue weighted by molar-refractivity contribution is 5.77. The number of ether oxygens (including phenoxy) is 2. The normalized spacial score (nSPS) is 15.4. The van der Waals surface area contributed by atoms with Crippen LogP contribution in [0.2, 0.25) is 0 Å². The number of methoxy groups -OCH3 is 1. The molecule has 1 saturated heterocycles. The van der Waals surface area contributed by atoms with Gasteiger partial charge >= 0.3 is 0 Å². The maximum atomic E-state index is 12.6. The highest BCUT2D eigenvalue weighted by Gasteiger charge is 2.23. The maximum absolute atomic E-state index is 12.6. The van der Waals surface area contributed by atoms with Crippen LogP contribution in [-0.4, -0.2) is 60.3 Å². The topological polar surface area (TPSA) is 85.7 Å². The summed E-state index contributed by atoms with van der Waals surface area (Å²) in [6.07, 6.45) is 1.71. The second-order valence-electron chi connectivity index (χ2n) is 7.75. The van der Waals surface area contributed by atoms with Crippen molar-refractivity contribution in [1.29, 1.82) is 0 Å². The molecule has 0 radical (unpaired) electrons. The number of nitrogens with one attached hydrogen (secondary N) is 1. The number of para-hydroxylation sites is 1. The third kappa shape index (κ3) is 5.15. The monoisotopic (exact) mass is 436 g/mol. The van der Waals surface area contributed by atoms with Gasteiger partial charge in [-0.05, 0) is 29.8 Å². The highest BCUT2D eigenvalue weighted by atomic mass is 16.5. The summed E-state index contributed by atoms with van der Waals surface area (Å²) >= 11 is 0. The van der Waals surface area contributed by atoms with E-state index in [1.807, 2.05) is 36.4 Å². The number of hydrogen-bond donors (Lipinski definition) is 1. The number of hydrogen-bond acceptors (Lipinski definition) is 6. The smallest absolute Gasteiger partial charge is 0.261 e. The van der Waals surface area contributed by atoms with Crippen molar-refractivity contribution in [3.63, 3.8) is 0 Å². The minimum atomic E-state index is -0.132. The SMILES string of the molecule is COc1ccc(C(CNC(=O)CCn2cnc3ccccc3c2=O)N2CCOCC2)cc1. The number of fused-ring (bicyclic) bond motifs is 1. The van der Waals surface area contributed by atoms with E-state index < -0.39 is 0 Å². The molecular weight excluding hydrogens is 408 g/mol. The Labute approximate surface area is 186 Å². The second kappa shape index (κ2) is 10.4. The molecule has 8 nitrogen and oxygen atoms in total. The summed E-state index contributed by atoms with van der Waals surface area (Å²) in [5.74, 6) is 0.699. The molecule has 1 aliphatic heterocycles. The maximum Gasteiger partial charge on any atom is 0.261 e. The average Bonchev–Trinajstić information content (AvgIpc) is 2.85. The van der Waals surface area contributed by atoms with Gasteiger partial charge in [0.1, 0.15) is 5.75 Å². The van der Waals surface area contributed by atoms with Crippen LogP contribution < -0.4 is 15.6 Å². The fourth-order valence-electron chi connectivity index (χ4n) is 3.96. The Balaban J connectivity index is 1.39. The molecule has 4 rings (SSSR count). The lowest BCUT2D eigenvalue weighted by Gasteiger charge is -2.35. The zero-order valence-corrected chi connectivity index (χ0v) is 18.2. The van der Waals surface area contributed by atoms with Gasteiger partial charge in [-0.2, -0.15) is 0 Å². The molecule has 32 heavy (non-hydrogen) atoms. The number of aryl methyl sites for hydroxylation is 1. The van der Waals surface area contributed by atoms with Crippen LogP contribution in [0.25, 0.3) is 10.9 Å². The Morgan fingerprint density at radius 3 is 2.66 bits per heavy atom. The van der Waals surface area contributed by atoms with Crippen molar-refractivity contribution < 1.29 is 14.3 Å². The Morgan fingerprint density at radius 1 is 1.16 bits per heavy atom. The highest BCUT2D eigenvalue weighted by Crippen LogP contribution is 2.23. The van der Waals surface area contributed by atoms with Gasteiger partial charge < -0.3 is 14.8 Å². The van der Waals surface area contributed by atoms with E-state index in [1.165, 1.54) is 10.9 Å². The molecule has 0 spiro atoms. The van der Waals surface area contributed by atoms with E-state index in [1.54, 1.807) is 19.2 Å². The van der Waals surface area contributed by atoms with Crippen molar-refractivity contribution in [3.05, 3.63) is 70.8 Å². The number of nitrogens with zero attached hydrogens (tertiary/aromatic N) is 3. The van der Waals surface area contributed by atoms with E-state index in [4.69, 9.17) is 9.47 Å². The van der Waals surface area contributed by atoms with E-state index in [9.17, 15) is 9.59 Å². The number of morpholine rings is 1. The van der Waals surface area contributed by atoms with Crippen LogP contribution in [0.1, 0.15) is 18.0 Å². The summed E-state index contributed by atoms with van der Waals surface area (Å²) in [6.45, 7) is 3.75. The van der Waals surface area contributed by atoms with Crippen molar-refractivity contribution in [3.8, 4) is 5.75 Å². The number of carbonyl (C=O) groups excluding carboxylic acids is 1. The molecule has 0 bridgehead atoms. The first-order chi connectivity index (χ1) is 15.7. The number of aromatic nitrogens is 2. The van der Waals surface area contributed by atoms with Crippen LogP contribution in [0.5, 0.6) is 5.75 Å². The summed E-state index contributed by atoms with van der Waals surface area (Å²) in [5.41, 5.74) is 1.64. The molecule has 8 heteroatoms. The molecule has 168 valence electrons. The summed E-state index contributed by atoms with van der Waals surface area (Å²) in [7, 11) is 1.64. The molecule has 1 amide bonds. The number of benzene rings is 2. The second-order valence-corrected chi connectivity index (χ2v) is 7.75. The zero-order valence-electron chi connectivity index (χ0n) is 18.2. The minimum Gasteiger partial charge on any atom is -0.497 e. The van der Waals surface area contributed by atoms with Gasteiger partial charge in [-0.25, -0.2) is 4.98 Å². The van der Waals surface area contributed by atoms with Crippen LogP contribution >= 0.6 is 0 Å². The number of rotatable bonds is 8. The fraction of sp³-hybridized carbons (Fsp3) is 0.375. The third-order valence-electron chi connectivity index (χ3n) is 5.79. The molecule has 2 heterocycles. The minimum absolute atomic E-state index is 0.0406. The van der Waals surface area contributed by atoms with E-state index >= 15 is 0 Å². The standard InChI is InChI=1S/C24H28N4O4/c1-31-19-8-6-18(7-9-19)22(27-12-14-32-15-13-27)16-25-23(29)10-11-28-17-26-21-5-3-2-4-20(21)24(28)30/h2-9,17,22H,10-16H2,1H3,(H,25,29). The molecule has 3 aromatic rings. The van der Waals surface area contributed by atoms with Gasteiger partial charge in [0, 0.05) is 32.6 Å². The van der Waals surface area contributed by atoms with E-state index in [-0.39, 0.29) is 30.5 Å². The Kier molecular flexibility index (Phi) is 7.14. The zero-order chi connectivity index (χ0) is 22.3. The van der Waals surface area contributed by atoms with Crippen molar-refractivity contribution >= 4 is 16.8 Å². The third-order valence-corrected chi connectivity index (χ3v) is 5.79. The molecule has 1 fully saturated rings. The average molecular weight is 437 g/mol. The molecular formula is C24H28N4O4. The number of amides is 1. The van der Waals surface area contributed by atoms with Crippen LogP contribution in [0.3, 0.4) is 0 Å². The molecule has 1 unspecified atom stereocenters. The van der Waals surface area contributed by atoms with Gasteiger partial charge in [-0.15, -0.1) is 0 Å². The fourth-order valence-corrected chi connectivity index (χ4v) is 3.96. The first kappa shape index (κ1) is 22.0. The number of carbonyl (C=O) groups is 1. The summed E-state index contributed by atoms with van der Waals surface area (Å²) < 4.78 is 12.2. The first-order valence-corrected chi connectivity index (χ1v) is 10.8. The summed E-state index contributed by atoms with van der Waals surface area (Å²) in [5, 5.41) is 3.60. The van der Waals surface area contributed by atoms with Crippen molar-refractivity contribution in [2.24, 2.45) is 0 Å². The molecule has 0 saturated carbocycles. The molecule has 1 aromatic heterocycles. The van der Waals surface area contributed by atoms with Gasteiger partial charge in [0.15, 0.2) is 0 Å². The molecule has 2 aromatic carbocycles. The molecule has 1 atom stereocenters. The van der Waals surface area contributed by atoms with E-state index in [0.717, 1.165) is 24.4 Å². The predicted octanol–water partition coefficient (Wildman–Crippen LogP) is 1.98. The lowest BCUT2D eigenvalue weighted by Crippen LogP contribution is -2.44. The van der Waals surface area contributed by atoms with E-state index in [0.29, 0.717) is 30.7 Å². The van der Waals surface area contributed by atoms with Crippen molar-refractivity contribution in [1.82, 2.24) is 19.8 Å². The lowest BCUT2D eigenvalue weighted by atomic mass is 10.0. The van der Waals surface area contributed by atoms with Gasteiger partial charge in [-0.3, -0.25) is 19.1 Å². The predicted molar refractivity (Wildman–Crippen MR) is 122 cm³/mol. The van der Waals surface area contributed by atoms with Gasteiger partial charge in [0.05, 0.1) is 43.6 Å². The van der Waals surface area contributed by atoms with Gasteiger partial charge in [0.2, 0.25) is 5.91 Å². The van der Waals surface area contributed by atoms with Crippen molar-refractivity contribution in [2.75, 3.05) is 40.0 Å². The Morgan fingerprint density at radius 2 is 1.91 bits per heavy atom. The molecule has 1 aliphatic rings. The first-order valence-electron chi connectivity index (χ1n) is 10.8. The Hall–Kier alpha value is -3.23. The lowest BCUT2D eigenvalue weighted by molar-refractivity contribution is -0.121. The van der Waals surface area contributed by atoms with Crippen LogP contribution in [0.4, 0.5) is 0 Å². The largest absolute Gasteiger partial charge is 0.497 e. The van der Waals surface area contributed by atoms with Crippen LogP contribution in [-0.2, 0) is 16.1 Å². The molecule has 0 aliphatic carbocycles.